The van der Waals surface area contributed by atoms with Crippen molar-refractivity contribution in [3.63, 3.8) is 0 Å². The molecule has 0 amide bonds. The zero-order chi connectivity index (χ0) is 59.2. The van der Waals surface area contributed by atoms with Gasteiger partial charge in [0, 0.05) is 82.0 Å². The van der Waals surface area contributed by atoms with Crippen LogP contribution in [-0.4, -0.2) is 34.9 Å². The molecule has 0 N–H and O–H groups in total. The van der Waals surface area contributed by atoms with Gasteiger partial charge in [-0.15, -0.1) is 0 Å². The number of hydrogen-bond donors (Lipinski definition) is 0. The van der Waals surface area contributed by atoms with E-state index < -0.39 is 0 Å². The van der Waals surface area contributed by atoms with E-state index in [1.54, 1.807) is 0 Å². The second kappa shape index (κ2) is 20.7. The highest BCUT2D eigenvalue weighted by atomic mass is 16.3. The fourth-order valence-electron chi connectivity index (χ4n) is 12.7. The minimum atomic E-state index is 0.566. The highest BCUT2D eigenvalue weighted by molar-refractivity contribution is 6.12. The number of hydrogen-bond acceptors (Lipinski definition) is 9. The van der Waals surface area contributed by atoms with Gasteiger partial charge in [-0.1, -0.05) is 218 Å². The summed E-state index contributed by atoms with van der Waals surface area (Å²) in [7, 11) is 0. The molecule has 0 aliphatic rings. The first kappa shape index (κ1) is 50.9. The summed E-state index contributed by atoms with van der Waals surface area (Å²) in [5.41, 5.74) is 20.6. The summed E-state index contributed by atoms with van der Waals surface area (Å²) in [6, 6.07) is 98.3. The molecule has 7 aromatic heterocycles. The molecule has 0 spiro atoms. The van der Waals surface area contributed by atoms with Gasteiger partial charge >= 0.3 is 0 Å². The van der Waals surface area contributed by atoms with E-state index in [-0.39, 0.29) is 0 Å². The van der Waals surface area contributed by atoms with Crippen molar-refractivity contribution in [2.75, 3.05) is 0 Å². The second-order valence-electron chi connectivity index (χ2n) is 22.8. The van der Waals surface area contributed by atoms with Gasteiger partial charge in [0.15, 0.2) is 17.5 Å². The van der Waals surface area contributed by atoms with Crippen LogP contribution in [-0.2, 0) is 0 Å². The Morgan fingerprint density at radius 1 is 0.200 bits per heavy atom. The third kappa shape index (κ3) is 8.74. The van der Waals surface area contributed by atoms with Crippen LogP contribution in [0.15, 0.2) is 294 Å². The van der Waals surface area contributed by atoms with E-state index in [0.29, 0.717) is 17.5 Å². The molecule has 0 unspecified atom stereocenters. The quantitative estimate of drug-likeness (QED) is 0.130. The zero-order valence-corrected chi connectivity index (χ0v) is 48.1. The minimum Gasteiger partial charge on any atom is -0.455 e. The molecule has 9 nitrogen and oxygen atoms in total. The molecule has 0 aliphatic heterocycles. The number of aromatic nitrogens is 7. The average molecular weight is 1150 g/mol. The van der Waals surface area contributed by atoms with Crippen molar-refractivity contribution >= 4 is 87.5 Å². The summed E-state index contributed by atoms with van der Waals surface area (Å²) in [5.74, 6) is 1.75. The van der Waals surface area contributed by atoms with Crippen molar-refractivity contribution in [3.8, 4) is 101 Å². The maximum Gasteiger partial charge on any atom is 0.164 e. The minimum absolute atomic E-state index is 0.566. The van der Waals surface area contributed by atoms with E-state index in [1.165, 1.54) is 0 Å². The Morgan fingerprint density at radius 2 is 0.522 bits per heavy atom. The third-order valence-electron chi connectivity index (χ3n) is 17.3. The molecule has 11 aromatic carbocycles. The van der Waals surface area contributed by atoms with Crippen molar-refractivity contribution in [1.29, 1.82) is 0 Å². The van der Waals surface area contributed by atoms with Crippen molar-refractivity contribution in [2.24, 2.45) is 0 Å². The first-order chi connectivity index (χ1) is 44.5. The number of rotatable bonds is 9. The molecular weight excluding hydrogens is 1100 g/mol. The lowest BCUT2D eigenvalue weighted by Crippen LogP contribution is -2.00. The summed E-state index contributed by atoms with van der Waals surface area (Å²) in [5, 5.41) is 8.36. The number of furan rings is 2. The maximum absolute atomic E-state index is 6.45. The monoisotopic (exact) mass is 1150 g/mol. The molecule has 0 atom stereocenters. The molecule has 0 fully saturated rings. The molecule has 0 saturated carbocycles. The van der Waals surface area contributed by atoms with Gasteiger partial charge in [-0.25, -0.2) is 34.9 Å². The largest absolute Gasteiger partial charge is 0.455 e. The van der Waals surface area contributed by atoms with Gasteiger partial charge in [0.25, 0.3) is 0 Å². The van der Waals surface area contributed by atoms with Crippen LogP contribution in [0.2, 0.25) is 0 Å². The van der Waals surface area contributed by atoms with Crippen molar-refractivity contribution < 1.29 is 8.83 Å². The van der Waals surface area contributed by atoms with Gasteiger partial charge in [0.05, 0.1) is 44.8 Å². The second-order valence-corrected chi connectivity index (χ2v) is 22.8. The Labute approximate surface area is 515 Å². The van der Waals surface area contributed by atoms with Crippen LogP contribution in [0.25, 0.3) is 189 Å². The van der Waals surface area contributed by atoms with Gasteiger partial charge in [0.2, 0.25) is 0 Å². The lowest BCUT2D eigenvalue weighted by atomic mass is 9.94. The predicted octanol–water partition coefficient (Wildman–Crippen LogP) is 20.9. The molecule has 0 aliphatic carbocycles. The first-order valence-corrected chi connectivity index (χ1v) is 30.0. The number of para-hydroxylation sites is 4. The SMILES string of the molecule is c1ccc(-c2nc(-c3ccccc3)nc(-c3cc(-c4ccc(-c5ccc6ccc7ccc(-c8cccc9c8oc8ccccc89)nc7c6n5)cc4)cc(-c4ccc(-c5ccc6ccc7ccc(-c8cccc9c8oc8ccccc89)nc7c6n5)cc4)c3)n2)cc1. The fraction of sp³-hybridized carbons (Fsp3) is 0. The van der Waals surface area contributed by atoms with E-state index in [2.05, 4.69) is 188 Å². The summed E-state index contributed by atoms with van der Waals surface area (Å²) < 4.78 is 12.9. The molecule has 9 heteroatoms. The third-order valence-corrected chi connectivity index (χ3v) is 17.3. The maximum atomic E-state index is 6.45. The lowest BCUT2D eigenvalue weighted by molar-refractivity contribution is 0.669. The number of benzene rings is 11. The highest BCUT2D eigenvalue weighted by Crippen LogP contribution is 2.41. The molecule has 18 aromatic rings. The standard InChI is InChI=1S/C81H47N7O2/c1-3-13-56(14-4-1)79-86-80(57-15-5-2-6-16-57)88-81(87-79)60-46-58(48-25-29-50(30-26-48)67-41-37-52-33-35-54-39-43-69(84-75(54)73(52)82-67)65-21-11-19-63-61-17-7-9-23-71(61)89-77(63)65)45-59(47-60)49-27-31-51(32-28-49)68-42-38-53-34-36-55-40-44-70(85-76(55)74(53)83-68)66-22-12-20-64-62-18-8-10-24-72(62)90-78(64)66/h1-47H. The highest BCUT2D eigenvalue weighted by Gasteiger charge is 2.20. The summed E-state index contributed by atoms with van der Waals surface area (Å²) in [6.45, 7) is 0. The van der Waals surface area contributed by atoms with Crippen molar-refractivity contribution in [3.05, 3.63) is 285 Å². The number of pyridine rings is 4. The topological polar surface area (TPSA) is 117 Å². The average Bonchev–Trinajstić information content (AvgIpc) is 1.32. The molecule has 0 saturated heterocycles. The van der Waals surface area contributed by atoms with Crippen LogP contribution in [0.1, 0.15) is 0 Å². The van der Waals surface area contributed by atoms with Gasteiger partial charge in [-0.2, -0.15) is 0 Å². The normalized spacial score (nSPS) is 11.8. The zero-order valence-electron chi connectivity index (χ0n) is 48.1. The van der Waals surface area contributed by atoms with E-state index in [0.717, 1.165) is 171 Å². The smallest absolute Gasteiger partial charge is 0.164 e. The van der Waals surface area contributed by atoms with E-state index in [4.69, 9.17) is 43.7 Å². The summed E-state index contributed by atoms with van der Waals surface area (Å²) >= 11 is 0. The van der Waals surface area contributed by atoms with E-state index in [9.17, 15) is 0 Å². The molecule has 0 bridgehead atoms. The summed E-state index contributed by atoms with van der Waals surface area (Å²) in [6.07, 6.45) is 0. The Morgan fingerprint density at radius 3 is 0.944 bits per heavy atom. The van der Waals surface area contributed by atoms with Crippen molar-refractivity contribution in [1.82, 2.24) is 34.9 Å². The molecule has 0 radical (unpaired) electrons. The number of nitrogens with zero attached hydrogens (tertiary/aromatic N) is 7. The van der Waals surface area contributed by atoms with Gasteiger partial charge in [0.1, 0.15) is 22.3 Å². The number of fused-ring (bicyclic) bond motifs is 12. The fourth-order valence-corrected chi connectivity index (χ4v) is 12.7. The Balaban J connectivity index is 0.723. The molecule has 418 valence electrons. The molecular formula is C81H47N7O2. The first-order valence-electron chi connectivity index (χ1n) is 30.0. The Bertz CT molecular complexity index is 5550. The van der Waals surface area contributed by atoms with Crippen LogP contribution >= 0.6 is 0 Å². The molecule has 7 heterocycles. The van der Waals surface area contributed by atoms with Crippen LogP contribution < -0.4 is 0 Å². The predicted molar refractivity (Wildman–Crippen MR) is 365 cm³/mol. The van der Waals surface area contributed by atoms with E-state index in [1.807, 2.05) is 97.1 Å². The van der Waals surface area contributed by atoms with Gasteiger partial charge < -0.3 is 8.83 Å². The van der Waals surface area contributed by atoms with Crippen molar-refractivity contribution in [2.45, 2.75) is 0 Å². The Kier molecular flexibility index (Phi) is 11.7. The van der Waals surface area contributed by atoms with Crippen LogP contribution in [0.5, 0.6) is 0 Å². The Hall–Kier alpha value is -12.3. The lowest BCUT2D eigenvalue weighted by Gasteiger charge is -2.13. The molecule has 18 rings (SSSR count). The van der Waals surface area contributed by atoms with Gasteiger partial charge in [-0.3, -0.25) is 0 Å². The summed E-state index contributed by atoms with van der Waals surface area (Å²) in [4.78, 5) is 36.8. The van der Waals surface area contributed by atoms with E-state index >= 15 is 0 Å². The van der Waals surface area contributed by atoms with Crippen LogP contribution in [0.3, 0.4) is 0 Å². The van der Waals surface area contributed by atoms with Crippen LogP contribution in [0, 0.1) is 0 Å². The van der Waals surface area contributed by atoms with Gasteiger partial charge in [-0.05, 0) is 89.0 Å². The van der Waals surface area contributed by atoms with Crippen LogP contribution in [0.4, 0.5) is 0 Å². The molecule has 90 heavy (non-hydrogen) atoms.